The molecule has 0 spiro atoms. The summed E-state index contributed by atoms with van der Waals surface area (Å²) in [6.07, 6.45) is 4.22. The van der Waals surface area contributed by atoms with Gasteiger partial charge in [-0.15, -0.1) is 0 Å². The molecule has 1 fully saturated rings. The fraction of sp³-hybridized carbons (Fsp3) is 0.476. The Morgan fingerprint density at radius 1 is 1.30 bits per heavy atom. The molecule has 4 rings (SSSR count). The number of fused-ring (bicyclic) bond motifs is 1. The molecule has 1 aliphatic carbocycles. The van der Waals surface area contributed by atoms with Gasteiger partial charge < -0.3 is 10.3 Å². The Morgan fingerprint density at radius 3 is 2.74 bits per heavy atom. The van der Waals surface area contributed by atoms with E-state index in [0.29, 0.717) is 12.3 Å². The number of carbonyl (C=O) groups excluding carboxylic acids is 1. The van der Waals surface area contributed by atoms with Crippen LogP contribution in [0.25, 0.3) is 10.9 Å². The molecule has 2 heterocycles. The monoisotopic (exact) mass is 365 g/mol. The Kier molecular flexibility index (Phi) is 4.50. The van der Waals surface area contributed by atoms with Crippen molar-refractivity contribution < 1.29 is 4.79 Å². The van der Waals surface area contributed by atoms with Gasteiger partial charge in [0.05, 0.1) is 12.5 Å². The van der Waals surface area contributed by atoms with Gasteiger partial charge in [0.1, 0.15) is 12.2 Å². The molecule has 0 unspecified atom stereocenters. The highest BCUT2D eigenvalue weighted by Gasteiger charge is 2.36. The molecule has 0 radical (unpaired) electrons. The van der Waals surface area contributed by atoms with Gasteiger partial charge in [-0.05, 0) is 63.1 Å². The smallest absolute Gasteiger partial charge is 0.225 e. The molecular formula is C21H27N5O. The molecule has 6 heteroatoms. The minimum atomic E-state index is -0.0479. The molecule has 1 aliphatic rings. The minimum absolute atomic E-state index is 0.0439. The molecular weight excluding hydrogens is 338 g/mol. The Morgan fingerprint density at radius 2 is 2.04 bits per heavy atom. The summed E-state index contributed by atoms with van der Waals surface area (Å²) < 4.78 is 1.88. The first-order chi connectivity index (χ1) is 13.0. The second-order valence-electron chi connectivity index (χ2n) is 7.67. The maximum atomic E-state index is 13.0. The van der Waals surface area contributed by atoms with E-state index in [0.717, 1.165) is 42.0 Å². The van der Waals surface area contributed by atoms with Gasteiger partial charge in [0.2, 0.25) is 5.91 Å². The molecule has 27 heavy (non-hydrogen) atoms. The number of hydrogen-bond donors (Lipinski definition) is 2. The van der Waals surface area contributed by atoms with Crippen molar-refractivity contribution in [1.82, 2.24) is 25.1 Å². The van der Waals surface area contributed by atoms with E-state index < -0.39 is 0 Å². The van der Waals surface area contributed by atoms with E-state index in [9.17, 15) is 4.79 Å². The molecule has 0 aliphatic heterocycles. The van der Waals surface area contributed by atoms with Crippen molar-refractivity contribution in [1.29, 1.82) is 0 Å². The summed E-state index contributed by atoms with van der Waals surface area (Å²) in [6.45, 7) is 9.06. The zero-order valence-corrected chi connectivity index (χ0v) is 16.5. The molecule has 0 bridgehead atoms. The Hall–Kier alpha value is -2.63. The van der Waals surface area contributed by atoms with Crippen LogP contribution in [0, 0.1) is 26.7 Å². The number of aryl methyl sites for hydroxylation is 4. The fourth-order valence-electron chi connectivity index (χ4n) is 4.00. The van der Waals surface area contributed by atoms with Crippen LogP contribution >= 0.6 is 0 Å². The molecule has 2 N–H and O–H groups in total. The van der Waals surface area contributed by atoms with Crippen LogP contribution in [-0.4, -0.2) is 25.7 Å². The van der Waals surface area contributed by atoms with Gasteiger partial charge >= 0.3 is 0 Å². The third kappa shape index (κ3) is 3.24. The van der Waals surface area contributed by atoms with Gasteiger partial charge in [-0.1, -0.05) is 12.1 Å². The number of H-pyrrole nitrogens is 1. The first-order valence-electron chi connectivity index (χ1n) is 9.74. The zero-order valence-electron chi connectivity index (χ0n) is 16.5. The maximum Gasteiger partial charge on any atom is 0.225 e. The Balaban J connectivity index is 1.60. The van der Waals surface area contributed by atoms with Crippen molar-refractivity contribution in [2.45, 2.75) is 59.5 Å². The first kappa shape index (κ1) is 17.8. The Labute approximate surface area is 159 Å². The average Bonchev–Trinajstić information content (AvgIpc) is 3.28. The average molecular weight is 365 g/mol. The van der Waals surface area contributed by atoms with Gasteiger partial charge in [-0.25, -0.2) is 9.67 Å². The Bertz CT molecular complexity index is 996. The van der Waals surface area contributed by atoms with Crippen LogP contribution in [0.3, 0.4) is 0 Å². The van der Waals surface area contributed by atoms with E-state index in [1.165, 1.54) is 16.5 Å². The first-order valence-corrected chi connectivity index (χ1v) is 9.74. The number of aromatic nitrogens is 4. The molecule has 6 nitrogen and oxygen atoms in total. The molecule has 1 atom stereocenters. The highest BCUT2D eigenvalue weighted by Crippen LogP contribution is 2.40. The highest BCUT2D eigenvalue weighted by atomic mass is 16.1. The van der Waals surface area contributed by atoms with Crippen molar-refractivity contribution in [3.8, 4) is 0 Å². The summed E-state index contributed by atoms with van der Waals surface area (Å²) in [5, 5.41) is 8.70. The van der Waals surface area contributed by atoms with Crippen LogP contribution in [0.5, 0.6) is 0 Å². The van der Waals surface area contributed by atoms with E-state index in [1.54, 1.807) is 6.33 Å². The maximum absolute atomic E-state index is 13.0. The molecule has 1 saturated carbocycles. The van der Waals surface area contributed by atoms with E-state index in [-0.39, 0.29) is 11.9 Å². The van der Waals surface area contributed by atoms with Crippen LogP contribution in [0.2, 0.25) is 0 Å². The molecule has 1 amide bonds. The fourth-order valence-corrected chi connectivity index (χ4v) is 4.00. The lowest BCUT2D eigenvalue weighted by Crippen LogP contribution is -2.33. The number of benzene rings is 1. The molecule has 2 aromatic heterocycles. The summed E-state index contributed by atoms with van der Waals surface area (Å²) in [6, 6.07) is 4.20. The molecule has 0 saturated heterocycles. The number of rotatable bonds is 6. The summed E-state index contributed by atoms with van der Waals surface area (Å²) in [5.74, 6) is 1.38. The summed E-state index contributed by atoms with van der Waals surface area (Å²) in [4.78, 5) is 20.8. The number of aromatic amines is 1. The normalized spacial score (nSPS) is 15.3. The van der Waals surface area contributed by atoms with Gasteiger partial charge in [0.25, 0.3) is 0 Å². The molecule has 1 aromatic carbocycles. The van der Waals surface area contributed by atoms with Crippen molar-refractivity contribution in [2.24, 2.45) is 5.92 Å². The largest absolute Gasteiger partial charge is 0.358 e. The standard InChI is InChI=1S/C21H27N5O/c1-5-26-21(22-11-23-26)20(15-8-9-15)25-17(27)10-16-14(4)24-19-13(3)7-6-12(2)18(16)19/h6-7,11,15,20,24H,5,8-10H2,1-4H3,(H,25,27)/t20-/m1/s1. The van der Waals surface area contributed by atoms with Crippen LogP contribution in [0.1, 0.15) is 54.0 Å². The minimum Gasteiger partial charge on any atom is -0.358 e. The van der Waals surface area contributed by atoms with Crippen LogP contribution < -0.4 is 5.32 Å². The quantitative estimate of drug-likeness (QED) is 0.702. The van der Waals surface area contributed by atoms with E-state index in [1.807, 2.05) is 18.5 Å². The SMILES string of the molecule is CCn1ncnc1[C@H](NC(=O)Cc1c(C)[nH]c2c(C)ccc(C)c12)C1CC1. The lowest BCUT2D eigenvalue weighted by Gasteiger charge is -2.18. The van der Waals surface area contributed by atoms with Gasteiger partial charge in [0.15, 0.2) is 0 Å². The number of hydrogen-bond acceptors (Lipinski definition) is 3. The predicted octanol–water partition coefficient (Wildman–Crippen LogP) is 3.51. The summed E-state index contributed by atoms with van der Waals surface area (Å²) in [5.41, 5.74) is 5.71. The predicted molar refractivity (Wildman–Crippen MR) is 106 cm³/mol. The van der Waals surface area contributed by atoms with E-state index in [4.69, 9.17) is 0 Å². The van der Waals surface area contributed by atoms with Crippen molar-refractivity contribution in [3.05, 3.63) is 46.7 Å². The number of amides is 1. The lowest BCUT2D eigenvalue weighted by atomic mass is 10.0. The number of nitrogens with zero attached hydrogens (tertiary/aromatic N) is 3. The van der Waals surface area contributed by atoms with Crippen molar-refractivity contribution in [2.75, 3.05) is 0 Å². The van der Waals surface area contributed by atoms with Crippen molar-refractivity contribution in [3.63, 3.8) is 0 Å². The van der Waals surface area contributed by atoms with Crippen LogP contribution in [0.4, 0.5) is 0 Å². The van der Waals surface area contributed by atoms with E-state index >= 15 is 0 Å². The lowest BCUT2D eigenvalue weighted by molar-refractivity contribution is -0.121. The van der Waals surface area contributed by atoms with Gasteiger partial charge in [-0.2, -0.15) is 5.10 Å². The second kappa shape index (κ2) is 6.83. The third-order valence-electron chi connectivity index (χ3n) is 5.66. The van der Waals surface area contributed by atoms with Gasteiger partial charge in [-0.3, -0.25) is 4.79 Å². The van der Waals surface area contributed by atoms with Crippen LogP contribution in [0.15, 0.2) is 18.5 Å². The van der Waals surface area contributed by atoms with E-state index in [2.05, 4.69) is 46.4 Å². The number of carbonyl (C=O) groups is 1. The molecule has 3 aromatic rings. The molecule has 142 valence electrons. The summed E-state index contributed by atoms with van der Waals surface area (Å²) in [7, 11) is 0. The topological polar surface area (TPSA) is 75.6 Å². The third-order valence-corrected chi connectivity index (χ3v) is 5.66. The second-order valence-corrected chi connectivity index (χ2v) is 7.67. The van der Waals surface area contributed by atoms with Gasteiger partial charge in [0, 0.05) is 23.1 Å². The zero-order chi connectivity index (χ0) is 19.1. The number of nitrogens with one attached hydrogen (secondary N) is 2. The summed E-state index contributed by atoms with van der Waals surface area (Å²) >= 11 is 0. The van der Waals surface area contributed by atoms with Crippen LogP contribution in [-0.2, 0) is 17.8 Å². The highest BCUT2D eigenvalue weighted by molar-refractivity contribution is 5.93. The van der Waals surface area contributed by atoms with Crippen molar-refractivity contribution >= 4 is 16.8 Å².